The molecule has 9 N–H and O–H groups in total. The average molecular weight is 587 g/mol. The van der Waals surface area contributed by atoms with Crippen LogP contribution in [0.3, 0.4) is 0 Å². The molecule has 5 rings (SSSR count). The molecule has 2 aromatic rings. The number of phenolic OH excluding ortho intramolecular Hbond substituents is 1. The maximum atomic E-state index is 13.5. The molecule has 13 heteroatoms. The number of nitrogens with zero attached hydrogens (tertiary/aromatic N) is 1. The van der Waals surface area contributed by atoms with Crippen LogP contribution in [-0.2, 0) is 30.3 Å². The highest BCUT2D eigenvalue weighted by Gasteiger charge is 2.51. The van der Waals surface area contributed by atoms with Gasteiger partial charge in [0.25, 0.3) is 11.8 Å². The molecular weight excluding hydrogens is 548 g/mol. The first-order valence-corrected chi connectivity index (χ1v) is 13.0. The number of aliphatic hydroxyl groups excluding tert-OH is 2. The average Bonchev–Trinajstić information content (AvgIpc) is 2.89. The lowest BCUT2D eigenvalue weighted by atomic mass is 9.61. The number of ether oxygens (including phenoxy) is 1. The normalized spacial score (nSPS) is 20.8. The van der Waals surface area contributed by atoms with Gasteiger partial charge in [-0.15, -0.1) is 0 Å². The number of anilines is 1. The number of hydrogen-bond acceptors (Lipinski definition) is 10. The van der Waals surface area contributed by atoms with E-state index in [1.807, 2.05) is 14.1 Å². The molecule has 0 spiro atoms. The van der Waals surface area contributed by atoms with E-state index < -0.39 is 52.3 Å². The van der Waals surface area contributed by atoms with Crippen molar-refractivity contribution in [3.05, 3.63) is 58.5 Å². The van der Waals surface area contributed by atoms with Gasteiger partial charge in [-0.3, -0.25) is 19.2 Å². The number of rotatable bonds is 5. The number of Topliss-reactive ketones (excluding diaryl/α,β-unsaturated/α-hetero) is 2. The maximum Gasteiger partial charge on any atom is 0.255 e. The molecule has 3 aliphatic carbocycles. The molecule has 3 atom stereocenters. The molecule has 3 aliphatic rings. The minimum absolute atomic E-state index is 0. The molecule has 1 aromatic carbocycles. The third-order valence-corrected chi connectivity index (χ3v) is 7.39. The predicted octanol–water partition coefficient (Wildman–Crippen LogP) is 1.46. The van der Waals surface area contributed by atoms with Crippen molar-refractivity contribution in [3.8, 4) is 16.9 Å². The van der Waals surface area contributed by atoms with Crippen molar-refractivity contribution >= 4 is 35.0 Å². The van der Waals surface area contributed by atoms with Crippen molar-refractivity contribution in [2.75, 3.05) is 33.1 Å². The van der Waals surface area contributed by atoms with Crippen molar-refractivity contribution in [1.82, 2.24) is 10.3 Å². The second-order valence-corrected chi connectivity index (χ2v) is 10.2. The Morgan fingerprint density at radius 1 is 1.12 bits per heavy atom. The first kappa shape index (κ1) is 31.9. The summed E-state index contributed by atoms with van der Waals surface area (Å²) in [5, 5.41) is 37.9. The van der Waals surface area contributed by atoms with E-state index >= 15 is 0 Å². The zero-order valence-corrected chi connectivity index (χ0v) is 23.4. The van der Waals surface area contributed by atoms with Crippen LogP contribution in [0, 0.1) is 17.8 Å². The number of allylic oxidation sites excluding steroid dienone is 2. The number of aromatic hydroxyl groups is 1. The topological polar surface area (TPSA) is 233 Å². The van der Waals surface area contributed by atoms with E-state index in [1.165, 1.54) is 13.2 Å². The molecule has 0 saturated heterocycles. The maximum absolute atomic E-state index is 13.5. The molecule has 1 fully saturated rings. The number of phenols is 1. The molecular formula is C29H38N4O9. The number of fused-ring (bicyclic) bond motifs is 3. The molecule has 2 amide bonds. The van der Waals surface area contributed by atoms with Crippen LogP contribution >= 0.6 is 0 Å². The summed E-state index contributed by atoms with van der Waals surface area (Å²) in [6.07, 6.45) is 2.00. The van der Waals surface area contributed by atoms with Crippen molar-refractivity contribution in [2.24, 2.45) is 23.5 Å². The summed E-state index contributed by atoms with van der Waals surface area (Å²) in [6.45, 7) is -0.117. The molecule has 0 bridgehead atoms. The standard InChI is InChI=1S/C27H25N3O8.C2H7N.H2O.2H2/c1-38-10-19(33)30-18-5-2-11(9-29-18)14-3-4-16(31)22-15(14)7-12-6-13-8-17(32)23(27(28)37)26(36)21(13)24(34)20(12)25(22)35;1-3-2;;;/h2-5,9,12-13,21,31,35-36H,6-8,10H2,1H3,(H2,28,37)(H,29,30,33);3H,1-2H3;1H2;2*1H. The molecule has 3 unspecified atom stereocenters. The van der Waals surface area contributed by atoms with Crippen LogP contribution in [0.5, 0.6) is 5.75 Å². The van der Waals surface area contributed by atoms with Gasteiger partial charge in [0.05, 0.1) is 11.5 Å². The fourth-order valence-corrected chi connectivity index (χ4v) is 5.85. The van der Waals surface area contributed by atoms with Crippen molar-refractivity contribution in [2.45, 2.75) is 19.3 Å². The Balaban J connectivity index is 0.00000155. The fraction of sp³-hybridized carbons (Fsp3) is 0.345. The van der Waals surface area contributed by atoms with E-state index in [9.17, 15) is 34.5 Å². The van der Waals surface area contributed by atoms with Gasteiger partial charge in [0.2, 0.25) is 0 Å². The highest BCUT2D eigenvalue weighted by molar-refractivity contribution is 6.21. The number of amides is 2. The minimum atomic E-state index is -1.17. The highest BCUT2D eigenvalue weighted by atomic mass is 16.5. The zero-order chi connectivity index (χ0) is 30.0. The number of methoxy groups -OCH3 is 1. The van der Waals surface area contributed by atoms with E-state index in [1.54, 1.807) is 24.4 Å². The summed E-state index contributed by atoms with van der Waals surface area (Å²) in [6, 6.07) is 6.42. The number of pyridine rings is 1. The van der Waals surface area contributed by atoms with E-state index in [0.29, 0.717) is 28.9 Å². The highest BCUT2D eigenvalue weighted by Crippen LogP contribution is 2.51. The van der Waals surface area contributed by atoms with Crippen molar-refractivity contribution in [3.63, 3.8) is 0 Å². The fourth-order valence-electron chi connectivity index (χ4n) is 5.85. The number of carbonyl (C=O) groups is 4. The number of aromatic nitrogens is 1. The largest absolute Gasteiger partial charge is 0.511 e. The Morgan fingerprint density at radius 3 is 2.40 bits per heavy atom. The van der Waals surface area contributed by atoms with E-state index in [2.05, 4.69) is 15.6 Å². The van der Waals surface area contributed by atoms with Gasteiger partial charge < -0.3 is 41.9 Å². The zero-order valence-electron chi connectivity index (χ0n) is 23.4. The van der Waals surface area contributed by atoms with E-state index in [0.717, 1.165) is 0 Å². The molecule has 228 valence electrons. The van der Waals surface area contributed by atoms with Crippen LogP contribution in [0.25, 0.3) is 16.9 Å². The number of primary amides is 1. The Morgan fingerprint density at radius 2 is 1.81 bits per heavy atom. The van der Waals surface area contributed by atoms with Gasteiger partial charge >= 0.3 is 0 Å². The summed E-state index contributed by atoms with van der Waals surface area (Å²) in [4.78, 5) is 53.8. The summed E-state index contributed by atoms with van der Waals surface area (Å²) in [5.74, 6) is -5.84. The monoisotopic (exact) mass is 586 g/mol. The first-order chi connectivity index (χ1) is 19.5. The summed E-state index contributed by atoms with van der Waals surface area (Å²) in [7, 11) is 5.16. The van der Waals surface area contributed by atoms with Crippen LogP contribution in [0.2, 0.25) is 0 Å². The number of nitrogens with one attached hydrogen (secondary N) is 2. The third kappa shape index (κ3) is 5.75. The molecule has 42 heavy (non-hydrogen) atoms. The van der Waals surface area contributed by atoms with Gasteiger partial charge in [-0.25, -0.2) is 4.98 Å². The Labute approximate surface area is 244 Å². The lowest BCUT2D eigenvalue weighted by Gasteiger charge is -2.41. The van der Waals surface area contributed by atoms with Crippen molar-refractivity contribution in [1.29, 1.82) is 0 Å². The molecule has 0 aliphatic heterocycles. The molecule has 13 nitrogen and oxygen atoms in total. The number of nitrogens with two attached hydrogens (primary N) is 1. The molecule has 0 radical (unpaired) electrons. The Kier molecular flexibility index (Phi) is 9.83. The van der Waals surface area contributed by atoms with Gasteiger partial charge in [0.15, 0.2) is 11.6 Å². The van der Waals surface area contributed by atoms with Crippen LogP contribution in [0.4, 0.5) is 5.82 Å². The quantitative estimate of drug-likeness (QED) is 0.276. The molecule has 1 aromatic heterocycles. The smallest absolute Gasteiger partial charge is 0.255 e. The van der Waals surface area contributed by atoms with Gasteiger partial charge in [0, 0.05) is 33.7 Å². The van der Waals surface area contributed by atoms with Gasteiger partial charge in [0.1, 0.15) is 35.3 Å². The number of aliphatic hydroxyl groups is 2. The summed E-state index contributed by atoms with van der Waals surface area (Å²) >= 11 is 0. The second-order valence-electron chi connectivity index (χ2n) is 10.2. The van der Waals surface area contributed by atoms with Crippen molar-refractivity contribution < 1.29 is 47.6 Å². The third-order valence-electron chi connectivity index (χ3n) is 7.39. The van der Waals surface area contributed by atoms with Crippen LogP contribution in [0.15, 0.2) is 47.4 Å². The van der Waals surface area contributed by atoms with Gasteiger partial charge in [-0.2, -0.15) is 0 Å². The Hall–Kier alpha value is -4.59. The van der Waals surface area contributed by atoms with E-state index in [4.69, 9.17) is 10.5 Å². The van der Waals surface area contributed by atoms with Gasteiger partial charge in [-0.1, -0.05) is 6.07 Å². The molecule has 1 heterocycles. The number of ketones is 2. The van der Waals surface area contributed by atoms with Crippen LogP contribution in [0.1, 0.15) is 26.8 Å². The minimum Gasteiger partial charge on any atom is -0.511 e. The Bertz CT molecular complexity index is 1490. The summed E-state index contributed by atoms with van der Waals surface area (Å²) < 4.78 is 4.79. The first-order valence-electron chi connectivity index (χ1n) is 13.0. The number of carbonyl (C=O) groups excluding carboxylic acids is 4. The lowest BCUT2D eigenvalue weighted by molar-refractivity contribution is -0.127. The SMILES string of the molecule is CNC.COCC(=O)Nc1ccc(-c2ccc(O)c3c2CC2CC4CC(=O)C(C(N)=O)=C(O)C4C(=O)C2=C3O)cn1.O.[HH].[HH]. The second kappa shape index (κ2) is 12.9. The van der Waals surface area contributed by atoms with E-state index in [-0.39, 0.29) is 50.6 Å². The lowest BCUT2D eigenvalue weighted by Crippen LogP contribution is -2.44. The number of hydrogen-bond donors (Lipinski definition) is 6. The van der Waals surface area contributed by atoms with Crippen LogP contribution < -0.4 is 16.4 Å². The number of benzene rings is 1. The summed E-state index contributed by atoms with van der Waals surface area (Å²) in [5.41, 5.74) is 6.75. The molecule has 1 saturated carbocycles. The predicted molar refractivity (Wildman–Crippen MR) is 156 cm³/mol. The van der Waals surface area contributed by atoms with Gasteiger partial charge in [-0.05, 0) is 68.1 Å². The van der Waals surface area contributed by atoms with Crippen LogP contribution in [-0.4, -0.2) is 77.0 Å².